The number of fused-ring (bicyclic) bond motifs is 1. The van der Waals surface area contributed by atoms with Crippen LogP contribution in [0, 0.1) is 11.8 Å². The van der Waals surface area contributed by atoms with Gasteiger partial charge in [-0.1, -0.05) is 57.0 Å². The second-order valence-electron chi connectivity index (χ2n) is 12.4. The summed E-state index contributed by atoms with van der Waals surface area (Å²) in [5, 5.41) is 18.3. The molecule has 5 unspecified atom stereocenters. The summed E-state index contributed by atoms with van der Waals surface area (Å²) in [5.41, 5.74) is 6.48. The average molecular weight is 616 g/mol. The number of unbranched alkanes of at least 4 members (excludes halogenated alkanes) is 1. The molecule has 0 radical (unpaired) electrons. The maximum atomic E-state index is 13.8. The Bertz CT molecular complexity index is 1130. The minimum atomic E-state index is -1.13. The molecule has 1 heterocycles. The van der Waals surface area contributed by atoms with E-state index in [-0.39, 0.29) is 30.7 Å². The van der Waals surface area contributed by atoms with Crippen LogP contribution in [0.2, 0.25) is 0 Å². The Morgan fingerprint density at radius 1 is 0.955 bits per heavy atom. The fraction of sp³-hybridized carbons (Fsp3) is 0.656. The lowest BCUT2D eigenvalue weighted by Gasteiger charge is -2.32. The molecule has 0 bridgehead atoms. The van der Waals surface area contributed by atoms with E-state index in [9.17, 15) is 29.1 Å². The fourth-order valence-corrected chi connectivity index (χ4v) is 6.43. The van der Waals surface area contributed by atoms with Crippen LogP contribution in [0.4, 0.5) is 4.79 Å². The zero-order chi connectivity index (χ0) is 32.2. The molecule has 12 heteroatoms. The summed E-state index contributed by atoms with van der Waals surface area (Å²) in [5.74, 6) is -2.00. The monoisotopic (exact) mass is 615 g/mol. The second kappa shape index (κ2) is 17.0. The third kappa shape index (κ3) is 9.67. The van der Waals surface area contributed by atoms with Crippen LogP contribution in [-0.2, 0) is 30.3 Å². The number of nitrogens with two attached hydrogens (primary N) is 1. The van der Waals surface area contributed by atoms with E-state index in [1.807, 2.05) is 44.2 Å². The first-order valence-corrected chi connectivity index (χ1v) is 15.8. The summed E-state index contributed by atoms with van der Waals surface area (Å²) in [6.45, 7) is 4.25. The lowest BCUT2D eigenvalue weighted by Crippen LogP contribution is -2.58. The molecule has 1 saturated carbocycles. The van der Waals surface area contributed by atoms with Gasteiger partial charge in [-0.2, -0.15) is 0 Å². The molecule has 44 heavy (non-hydrogen) atoms. The van der Waals surface area contributed by atoms with Gasteiger partial charge in [-0.05, 0) is 68.9 Å². The van der Waals surface area contributed by atoms with E-state index in [1.165, 1.54) is 12.0 Å². The van der Waals surface area contributed by atoms with E-state index >= 15 is 0 Å². The van der Waals surface area contributed by atoms with Crippen LogP contribution in [0.1, 0.15) is 77.2 Å². The second-order valence-corrected chi connectivity index (χ2v) is 12.4. The van der Waals surface area contributed by atoms with Crippen molar-refractivity contribution in [3.63, 3.8) is 0 Å². The zero-order valence-electron chi connectivity index (χ0n) is 26.1. The maximum Gasteiger partial charge on any atom is 0.408 e. The topological polar surface area (TPSA) is 180 Å². The highest BCUT2D eigenvalue weighted by atomic mass is 16.5. The van der Waals surface area contributed by atoms with Gasteiger partial charge < -0.3 is 31.5 Å². The first-order valence-electron chi connectivity index (χ1n) is 15.8. The molecular weight excluding hydrogens is 566 g/mol. The number of esters is 1. The maximum absolute atomic E-state index is 13.8. The first kappa shape index (κ1) is 34.8. The van der Waals surface area contributed by atoms with Gasteiger partial charge in [-0.3, -0.25) is 19.3 Å². The van der Waals surface area contributed by atoms with E-state index in [2.05, 4.69) is 16.0 Å². The Morgan fingerprint density at radius 2 is 1.61 bits per heavy atom. The molecule has 244 valence electrons. The number of nitrogens with zero attached hydrogens (tertiary/aromatic N) is 1. The molecule has 1 aromatic rings. The number of methoxy groups -OCH3 is 1. The molecule has 0 aromatic heterocycles. The van der Waals surface area contributed by atoms with Gasteiger partial charge in [0.05, 0.1) is 7.11 Å². The molecule has 6 atom stereocenters. The molecule has 2 fully saturated rings. The van der Waals surface area contributed by atoms with E-state index in [0.717, 1.165) is 31.2 Å². The number of likely N-dealkylation sites (tertiary alicyclic amines) is 1. The van der Waals surface area contributed by atoms with Crippen molar-refractivity contribution in [3.8, 4) is 0 Å². The standard InChI is InChI=1S/C32H49N5O7/c1-20(2)17-25(31(41)44-3)36-29(39)24(18-21-11-5-4-6-12-21)35-28(38)23(14-9-10-16-33)34-30(40)27-19-22-13-7-8-15-26(22)37(27)32(42)43/h4-6,11-12,20,22-27H,7-10,13-19,33H2,1-3H3,(H,34,40)(H,35,38)(H,36,39)(H,42,43)/t22?,23?,24?,25?,26?,27-/m0/s1. The Balaban J connectivity index is 1.81. The molecule has 12 nitrogen and oxygen atoms in total. The molecule has 2 aliphatic rings. The minimum absolute atomic E-state index is 0.0912. The van der Waals surface area contributed by atoms with Crippen molar-refractivity contribution in [1.82, 2.24) is 20.9 Å². The van der Waals surface area contributed by atoms with Crippen LogP contribution >= 0.6 is 0 Å². The number of rotatable bonds is 15. The number of carbonyl (C=O) groups is 5. The van der Waals surface area contributed by atoms with E-state index < -0.39 is 54.0 Å². The van der Waals surface area contributed by atoms with Gasteiger partial charge in [0.1, 0.15) is 24.2 Å². The number of hydrogen-bond acceptors (Lipinski definition) is 7. The van der Waals surface area contributed by atoms with E-state index in [0.29, 0.717) is 32.2 Å². The van der Waals surface area contributed by atoms with Crippen molar-refractivity contribution < 1.29 is 33.8 Å². The van der Waals surface area contributed by atoms with Crippen LogP contribution < -0.4 is 21.7 Å². The molecular formula is C32H49N5O7. The van der Waals surface area contributed by atoms with Crippen molar-refractivity contribution in [2.45, 2.75) is 108 Å². The molecule has 6 N–H and O–H groups in total. The lowest BCUT2D eigenvalue weighted by molar-refractivity contribution is -0.146. The number of nitrogens with one attached hydrogen (secondary N) is 3. The smallest absolute Gasteiger partial charge is 0.408 e. The summed E-state index contributed by atoms with van der Waals surface area (Å²) in [7, 11) is 1.25. The van der Waals surface area contributed by atoms with Gasteiger partial charge in [0.25, 0.3) is 0 Å². The number of carbonyl (C=O) groups excluding carboxylic acids is 4. The zero-order valence-corrected chi connectivity index (χ0v) is 26.1. The number of benzene rings is 1. The Kier molecular flexibility index (Phi) is 13.4. The number of amides is 4. The van der Waals surface area contributed by atoms with Gasteiger partial charge in [0.15, 0.2) is 0 Å². The highest BCUT2D eigenvalue weighted by Crippen LogP contribution is 2.39. The number of ether oxygens (including phenoxy) is 1. The minimum Gasteiger partial charge on any atom is -0.467 e. The third-order valence-corrected chi connectivity index (χ3v) is 8.62. The number of carboxylic acid groups (broad SMARTS) is 1. The van der Waals surface area contributed by atoms with Crippen molar-refractivity contribution in [1.29, 1.82) is 0 Å². The Labute approximate surface area is 259 Å². The van der Waals surface area contributed by atoms with Crippen molar-refractivity contribution >= 4 is 29.8 Å². The molecule has 1 saturated heterocycles. The van der Waals surface area contributed by atoms with Gasteiger partial charge in [-0.25, -0.2) is 9.59 Å². The van der Waals surface area contributed by atoms with Crippen molar-refractivity contribution in [3.05, 3.63) is 35.9 Å². The average Bonchev–Trinajstić information content (AvgIpc) is 3.40. The molecule has 1 aliphatic carbocycles. The predicted octanol–water partition coefficient (Wildman–Crippen LogP) is 2.34. The van der Waals surface area contributed by atoms with Gasteiger partial charge >= 0.3 is 12.1 Å². The summed E-state index contributed by atoms with van der Waals surface area (Å²) in [4.78, 5) is 66.8. The van der Waals surface area contributed by atoms with E-state index in [4.69, 9.17) is 10.5 Å². The third-order valence-electron chi connectivity index (χ3n) is 8.62. The first-order chi connectivity index (χ1) is 21.0. The van der Waals surface area contributed by atoms with Crippen molar-refractivity contribution in [2.75, 3.05) is 13.7 Å². The summed E-state index contributed by atoms with van der Waals surface area (Å²) >= 11 is 0. The number of hydrogen-bond donors (Lipinski definition) is 5. The van der Waals surface area contributed by atoms with Crippen molar-refractivity contribution in [2.24, 2.45) is 17.6 Å². The fourth-order valence-electron chi connectivity index (χ4n) is 6.43. The van der Waals surface area contributed by atoms with Gasteiger partial charge in [-0.15, -0.1) is 0 Å². The predicted molar refractivity (Wildman–Crippen MR) is 164 cm³/mol. The molecule has 3 rings (SSSR count). The quantitative estimate of drug-likeness (QED) is 0.147. The summed E-state index contributed by atoms with van der Waals surface area (Å²) in [6, 6.07) is 5.12. The van der Waals surface area contributed by atoms with Gasteiger partial charge in [0.2, 0.25) is 17.7 Å². The molecule has 4 amide bonds. The largest absolute Gasteiger partial charge is 0.467 e. The van der Waals surface area contributed by atoms with Crippen LogP contribution in [0.15, 0.2) is 30.3 Å². The van der Waals surface area contributed by atoms with Crippen LogP contribution in [0.3, 0.4) is 0 Å². The Morgan fingerprint density at radius 3 is 2.25 bits per heavy atom. The highest BCUT2D eigenvalue weighted by molar-refractivity contribution is 5.95. The van der Waals surface area contributed by atoms with E-state index in [1.54, 1.807) is 0 Å². The Hall–Kier alpha value is -3.67. The lowest BCUT2D eigenvalue weighted by atomic mass is 9.85. The van der Waals surface area contributed by atoms with Crippen LogP contribution in [0.25, 0.3) is 0 Å². The molecule has 1 aromatic carbocycles. The molecule has 1 aliphatic heterocycles. The highest BCUT2D eigenvalue weighted by Gasteiger charge is 2.48. The van der Waals surface area contributed by atoms with Gasteiger partial charge in [0, 0.05) is 12.5 Å². The van der Waals surface area contributed by atoms with Crippen LogP contribution in [0.5, 0.6) is 0 Å². The normalized spacial score (nSPS) is 21.5. The summed E-state index contributed by atoms with van der Waals surface area (Å²) < 4.78 is 4.89. The SMILES string of the molecule is COC(=O)C(CC(C)C)NC(=O)C(Cc1ccccc1)NC(=O)C(CCCCN)NC(=O)[C@@H]1CC2CCCCC2N1C(=O)O. The molecule has 0 spiro atoms. The summed E-state index contributed by atoms with van der Waals surface area (Å²) in [6.07, 6.45) is 4.74. The van der Waals surface area contributed by atoms with Crippen LogP contribution in [-0.4, -0.2) is 83.7 Å².